The van der Waals surface area contributed by atoms with Crippen LogP contribution < -0.4 is 0 Å². The van der Waals surface area contributed by atoms with Crippen LogP contribution in [0.25, 0.3) is 0 Å². The molecule has 0 aromatic carbocycles. The summed E-state index contributed by atoms with van der Waals surface area (Å²) in [6.45, 7) is 6.62. The van der Waals surface area contributed by atoms with E-state index in [4.69, 9.17) is 14.2 Å². The highest BCUT2D eigenvalue weighted by atomic mass is 16.6. The van der Waals surface area contributed by atoms with Crippen LogP contribution >= 0.6 is 0 Å². The monoisotopic (exact) mass is 1140 g/mol. The van der Waals surface area contributed by atoms with E-state index in [0.29, 0.717) is 19.3 Å². The van der Waals surface area contributed by atoms with Crippen LogP contribution in [0.3, 0.4) is 0 Å². The Morgan fingerprint density at radius 3 is 0.741 bits per heavy atom. The third kappa shape index (κ3) is 68.3. The molecule has 0 fully saturated rings. The highest BCUT2D eigenvalue weighted by Gasteiger charge is 2.19. The van der Waals surface area contributed by atoms with Gasteiger partial charge in [0.15, 0.2) is 6.10 Å². The van der Waals surface area contributed by atoms with Gasteiger partial charge >= 0.3 is 17.9 Å². The van der Waals surface area contributed by atoms with Crippen LogP contribution in [-0.4, -0.2) is 37.2 Å². The Morgan fingerprint density at radius 2 is 0.469 bits per heavy atom. The predicted molar refractivity (Wildman–Crippen MR) is 353 cm³/mol. The molecule has 6 nitrogen and oxygen atoms in total. The molecule has 0 spiro atoms. The normalized spacial score (nSPS) is 12.2. The van der Waals surface area contributed by atoms with Crippen LogP contribution in [0.5, 0.6) is 0 Å². The van der Waals surface area contributed by atoms with Crippen LogP contribution in [0.2, 0.25) is 0 Å². The lowest BCUT2D eigenvalue weighted by Gasteiger charge is -2.18. The van der Waals surface area contributed by atoms with E-state index in [-0.39, 0.29) is 31.1 Å². The summed E-state index contributed by atoms with van der Waals surface area (Å²) in [5.74, 6) is -0.874. The zero-order chi connectivity index (χ0) is 58.5. The summed E-state index contributed by atoms with van der Waals surface area (Å²) in [6, 6.07) is 0. The first-order valence-corrected chi connectivity index (χ1v) is 36.5. The van der Waals surface area contributed by atoms with Crippen LogP contribution in [-0.2, 0) is 28.6 Å². The summed E-state index contributed by atoms with van der Waals surface area (Å²) in [4.78, 5) is 38.3. The van der Waals surface area contributed by atoms with Gasteiger partial charge in [-0.3, -0.25) is 14.4 Å². The minimum atomic E-state index is -0.781. The van der Waals surface area contributed by atoms with Crippen molar-refractivity contribution < 1.29 is 28.6 Å². The molecule has 0 saturated heterocycles. The second-order valence-electron chi connectivity index (χ2n) is 24.9. The van der Waals surface area contributed by atoms with Gasteiger partial charge in [-0.05, 0) is 70.6 Å². The van der Waals surface area contributed by atoms with Crippen molar-refractivity contribution in [1.29, 1.82) is 0 Å². The Balaban J connectivity index is 4.07. The van der Waals surface area contributed by atoms with Crippen molar-refractivity contribution in [2.75, 3.05) is 13.2 Å². The Hall–Kier alpha value is -2.37. The molecule has 0 aromatic heterocycles. The smallest absolute Gasteiger partial charge is 0.306 e. The maximum Gasteiger partial charge on any atom is 0.306 e. The molecule has 0 amide bonds. The molecule has 0 bridgehead atoms. The molecule has 1 atom stereocenters. The van der Waals surface area contributed by atoms with E-state index in [9.17, 15) is 14.4 Å². The maximum absolute atomic E-state index is 12.9. The van der Waals surface area contributed by atoms with Crippen molar-refractivity contribution in [3.63, 3.8) is 0 Å². The lowest BCUT2D eigenvalue weighted by molar-refractivity contribution is -0.167. The first-order valence-electron chi connectivity index (χ1n) is 36.5. The van der Waals surface area contributed by atoms with E-state index >= 15 is 0 Å². The number of esters is 3. The molecule has 81 heavy (non-hydrogen) atoms. The second-order valence-corrected chi connectivity index (χ2v) is 24.9. The Bertz CT molecular complexity index is 1350. The molecule has 0 radical (unpaired) electrons. The zero-order valence-electron chi connectivity index (χ0n) is 54.8. The lowest BCUT2D eigenvalue weighted by Crippen LogP contribution is -2.30. The van der Waals surface area contributed by atoms with Crippen molar-refractivity contribution in [2.45, 2.75) is 412 Å². The van der Waals surface area contributed by atoms with Gasteiger partial charge < -0.3 is 14.2 Å². The van der Waals surface area contributed by atoms with E-state index in [0.717, 1.165) is 89.9 Å². The molecule has 0 saturated carbocycles. The van der Waals surface area contributed by atoms with Crippen molar-refractivity contribution in [1.82, 2.24) is 0 Å². The molecular weight excluding hydrogens is 997 g/mol. The molecule has 0 aliphatic heterocycles. The molecule has 476 valence electrons. The molecule has 6 heteroatoms. The van der Waals surface area contributed by atoms with Gasteiger partial charge in [0.1, 0.15) is 13.2 Å². The standard InChI is InChI=1S/C75H140O6/c1-4-7-10-13-16-19-22-25-27-29-30-31-32-33-34-35-36-37-38-39-40-41-42-43-44-45-46-48-50-53-56-59-62-65-68-74(77)80-71-72(70-79-73(76)67-64-61-58-55-52-49-24-21-18-15-12-9-6-3)81-75(78)69-66-63-60-57-54-51-47-28-26-23-20-17-14-11-8-5-2/h12,15,21,24,28,47,72H,4-11,13-14,16-20,22-23,25-27,29-46,48-71H2,1-3H3/b15-12-,24-21-,47-28-. The molecular formula is C75H140O6. The summed E-state index contributed by atoms with van der Waals surface area (Å²) in [5, 5.41) is 0. The van der Waals surface area contributed by atoms with E-state index in [1.807, 2.05) is 0 Å². The predicted octanol–water partition coefficient (Wildman–Crippen LogP) is 25.1. The highest BCUT2D eigenvalue weighted by molar-refractivity contribution is 5.71. The quantitative estimate of drug-likeness (QED) is 0.0261. The number of unbranched alkanes of at least 4 members (excludes halogenated alkanes) is 51. The Morgan fingerprint density at radius 1 is 0.247 bits per heavy atom. The van der Waals surface area contributed by atoms with Gasteiger partial charge in [-0.25, -0.2) is 0 Å². The highest BCUT2D eigenvalue weighted by Crippen LogP contribution is 2.19. The second kappa shape index (κ2) is 70.1. The molecule has 0 aromatic rings. The average Bonchev–Trinajstić information content (AvgIpc) is 3.46. The van der Waals surface area contributed by atoms with Crippen molar-refractivity contribution >= 4 is 17.9 Å². The largest absolute Gasteiger partial charge is 0.462 e. The molecule has 0 heterocycles. The third-order valence-corrected chi connectivity index (χ3v) is 16.6. The summed E-state index contributed by atoms with van der Waals surface area (Å²) >= 11 is 0. The van der Waals surface area contributed by atoms with Crippen LogP contribution in [0.15, 0.2) is 36.5 Å². The van der Waals surface area contributed by atoms with Crippen LogP contribution in [0, 0.1) is 0 Å². The van der Waals surface area contributed by atoms with Crippen molar-refractivity contribution in [3.8, 4) is 0 Å². The SMILES string of the molecule is CCC/C=C\C/C=C\CCCCCCCC(=O)OCC(COC(=O)CCCCCCCCCCCCCCCCCCCCCCCCCCCCCCCCCCCC)OC(=O)CCCCCCC/C=C\CCCCCCCCC. The number of hydrogen-bond acceptors (Lipinski definition) is 6. The molecule has 0 aliphatic carbocycles. The number of ether oxygens (including phenoxy) is 3. The van der Waals surface area contributed by atoms with Gasteiger partial charge in [0.2, 0.25) is 0 Å². The molecule has 0 rings (SSSR count). The minimum absolute atomic E-state index is 0.0759. The number of hydrogen-bond donors (Lipinski definition) is 0. The third-order valence-electron chi connectivity index (χ3n) is 16.6. The van der Waals surface area contributed by atoms with Gasteiger partial charge in [-0.2, -0.15) is 0 Å². The molecule has 1 unspecified atom stereocenters. The van der Waals surface area contributed by atoms with Crippen molar-refractivity contribution in [3.05, 3.63) is 36.5 Å². The van der Waals surface area contributed by atoms with Crippen LogP contribution in [0.1, 0.15) is 406 Å². The fourth-order valence-electron chi connectivity index (χ4n) is 11.1. The maximum atomic E-state index is 12.9. The average molecular weight is 1140 g/mol. The first kappa shape index (κ1) is 78.6. The van der Waals surface area contributed by atoms with E-state index < -0.39 is 6.10 Å². The van der Waals surface area contributed by atoms with E-state index in [1.54, 1.807) is 0 Å². The topological polar surface area (TPSA) is 78.9 Å². The zero-order valence-corrected chi connectivity index (χ0v) is 54.8. The summed E-state index contributed by atoms with van der Waals surface area (Å²) in [6.07, 6.45) is 87.8. The van der Waals surface area contributed by atoms with Gasteiger partial charge in [0.05, 0.1) is 0 Å². The molecule has 0 N–H and O–H groups in total. The van der Waals surface area contributed by atoms with Gasteiger partial charge in [0, 0.05) is 19.3 Å². The Labute approximate surface area is 506 Å². The van der Waals surface area contributed by atoms with E-state index in [1.165, 1.54) is 276 Å². The summed E-state index contributed by atoms with van der Waals surface area (Å²) in [5.41, 5.74) is 0. The summed E-state index contributed by atoms with van der Waals surface area (Å²) in [7, 11) is 0. The Kier molecular flexibility index (Phi) is 68.1. The number of carbonyl (C=O) groups excluding carboxylic acids is 3. The molecule has 0 aliphatic rings. The number of allylic oxidation sites excluding steroid dienone is 6. The number of carbonyl (C=O) groups is 3. The van der Waals surface area contributed by atoms with Gasteiger partial charge in [-0.1, -0.05) is 353 Å². The van der Waals surface area contributed by atoms with Crippen molar-refractivity contribution in [2.24, 2.45) is 0 Å². The van der Waals surface area contributed by atoms with Crippen LogP contribution in [0.4, 0.5) is 0 Å². The number of rotatable bonds is 68. The first-order chi connectivity index (χ1) is 40.0. The van der Waals surface area contributed by atoms with Gasteiger partial charge in [0.25, 0.3) is 0 Å². The minimum Gasteiger partial charge on any atom is -0.462 e. The van der Waals surface area contributed by atoms with Gasteiger partial charge in [-0.15, -0.1) is 0 Å². The fraction of sp³-hybridized carbons (Fsp3) is 0.880. The fourth-order valence-corrected chi connectivity index (χ4v) is 11.1. The summed E-state index contributed by atoms with van der Waals surface area (Å²) < 4.78 is 16.9. The van der Waals surface area contributed by atoms with E-state index in [2.05, 4.69) is 57.2 Å². The lowest BCUT2D eigenvalue weighted by atomic mass is 10.0.